The van der Waals surface area contributed by atoms with Crippen molar-refractivity contribution in [1.82, 2.24) is 0 Å². The molecule has 0 unspecified atom stereocenters. The molecule has 28 valence electrons. The van der Waals surface area contributed by atoms with E-state index < -0.39 is 3.33 Å². The first-order valence-corrected chi connectivity index (χ1v) is 1.16. The molecule has 0 bridgehead atoms. The first-order chi connectivity index (χ1) is 1.73. The van der Waals surface area contributed by atoms with Crippen LogP contribution in [0.4, 0.5) is 0 Å². The molecule has 0 radical (unpaired) electrons. The molecule has 0 aliphatic rings. The van der Waals surface area contributed by atoms with Crippen LogP contribution in [0, 0.1) is 10.1 Å². The van der Waals surface area contributed by atoms with E-state index in [1.165, 1.54) is 0 Å². The van der Waals surface area contributed by atoms with Crippen LogP contribution < -0.4 is 0 Å². The number of rotatable bonds is 0. The van der Waals surface area contributed by atoms with Crippen LogP contribution in [-0.2, 0) is 21.3 Å². The predicted molar refractivity (Wildman–Crippen MR) is 6.99 cm³/mol. The van der Waals surface area contributed by atoms with E-state index in [1.54, 1.807) is 0 Å². The van der Waals surface area contributed by atoms with Gasteiger partial charge in [0.15, 0.2) is 0 Å². The SMILES string of the molecule is O=[N+]([O-])[Ag]. The Hall–Kier alpha value is 0.140. The van der Waals surface area contributed by atoms with Gasteiger partial charge in [-0.3, -0.25) is 0 Å². The second-order valence-corrected chi connectivity index (χ2v) is 0.726. The molecule has 0 amide bonds. The van der Waals surface area contributed by atoms with Gasteiger partial charge >= 0.3 is 34.8 Å². The molecule has 0 aromatic heterocycles. The molecule has 0 saturated heterocycles. The average molecular weight is 154 g/mol. The average Bonchev–Trinajstić information content (AvgIpc) is 0.811. The molecule has 0 heterocycles. The van der Waals surface area contributed by atoms with Crippen molar-refractivity contribution in [3.63, 3.8) is 0 Å². The normalized spacial score (nSPS) is 6.50. The summed E-state index contributed by atoms with van der Waals surface area (Å²) in [7, 11) is 0. The standard InChI is InChI=1S/Ag.NO2/c;2-1-3. The summed E-state index contributed by atoms with van der Waals surface area (Å²) < 4.78 is -0.690. The molecule has 3 nitrogen and oxygen atoms in total. The van der Waals surface area contributed by atoms with Gasteiger partial charge in [0.2, 0.25) is 0 Å². The van der Waals surface area contributed by atoms with E-state index in [9.17, 15) is 0 Å². The van der Waals surface area contributed by atoms with Gasteiger partial charge in [-0.2, -0.15) is 0 Å². The van der Waals surface area contributed by atoms with Crippen molar-refractivity contribution < 1.29 is 24.7 Å². The molecule has 0 fully saturated rings. The summed E-state index contributed by atoms with van der Waals surface area (Å²) >= 11 is 2.01. The van der Waals surface area contributed by atoms with E-state index >= 15 is 0 Å². The maximum absolute atomic E-state index is 8.72. The first kappa shape index (κ1) is 4.14. The van der Waals surface area contributed by atoms with E-state index in [2.05, 4.69) is 0 Å². The van der Waals surface area contributed by atoms with Crippen LogP contribution in [0.2, 0.25) is 0 Å². The molecule has 0 saturated carbocycles. The summed E-state index contributed by atoms with van der Waals surface area (Å²) in [5, 5.41) is 8.72. The van der Waals surface area contributed by atoms with Crippen molar-refractivity contribution in [2.24, 2.45) is 0 Å². The van der Waals surface area contributed by atoms with E-state index in [-0.39, 0.29) is 0 Å². The van der Waals surface area contributed by atoms with E-state index in [0.29, 0.717) is 0 Å². The zero-order valence-corrected chi connectivity index (χ0v) is 3.05. The summed E-state index contributed by atoms with van der Waals surface area (Å²) in [5.74, 6) is 0. The van der Waals surface area contributed by atoms with Gasteiger partial charge in [0.05, 0.1) is 0 Å². The second kappa shape index (κ2) is 1.46. The molecule has 4 heteroatoms. The number of nitro groups is 1. The Balaban J connectivity index is 2.80. The zero-order chi connectivity index (χ0) is 3.58. The van der Waals surface area contributed by atoms with Gasteiger partial charge in [-0.15, -0.1) is 0 Å². The molecule has 0 atom stereocenters. The molecule has 0 aromatic rings. The fourth-order valence-electron chi connectivity index (χ4n) is 0. The Morgan fingerprint density at radius 2 is 2.00 bits per heavy atom. The topological polar surface area (TPSA) is 43.1 Å². The van der Waals surface area contributed by atoms with Gasteiger partial charge in [-0.1, -0.05) is 0 Å². The van der Waals surface area contributed by atoms with Gasteiger partial charge < -0.3 is 0 Å². The van der Waals surface area contributed by atoms with Gasteiger partial charge in [0.1, 0.15) is 0 Å². The van der Waals surface area contributed by atoms with Crippen molar-refractivity contribution in [3.8, 4) is 0 Å². The van der Waals surface area contributed by atoms with E-state index in [1.807, 2.05) is 21.3 Å². The molecule has 0 aromatic carbocycles. The van der Waals surface area contributed by atoms with Crippen molar-refractivity contribution in [2.75, 3.05) is 0 Å². The molecular weight excluding hydrogens is 154 g/mol. The minimum atomic E-state index is -0.690. The molecule has 0 spiro atoms. The molecule has 0 aliphatic heterocycles. The Bertz CT molecular complexity index is 29.0. The molecular formula is AgNO2. The Labute approximate surface area is 35.4 Å². The first-order valence-electron chi connectivity index (χ1n) is 0.500. The Morgan fingerprint density at radius 3 is 2.00 bits per heavy atom. The van der Waals surface area contributed by atoms with Gasteiger partial charge in [0.25, 0.3) is 0 Å². The van der Waals surface area contributed by atoms with E-state index in [0.717, 1.165) is 0 Å². The number of hydrogen-bond acceptors (Lipinski definition) is 2. The molecule has 0 N–H and O–H groups in total. The van der Waals surface area contributed by atoms with Crippen LogP contribution in [0.3, 0.4) is 0 Å². The number of nitrogens with zero attached hydrogens (tertiary/aromatic N) is 1. The molecule has 4 heavy (non-hydrogen) atoms. The summed E-state index contributed by atoms with van der Waals surface area (Å²) in [6, 6.07) is 0. The minimum absolute atomic E-state index is 0.690. The van der Waals surface area contributed by atoms with Gasteiger partial charge in [-0.25, -0.2) is 0 Å². The third kappa shape index (κ3) is 141. The van der Waals surface area contributed by atoms with Crippen molar-refractivity contribution in [1.29, 1.82) is 0 Å². The summed E-state index contributed by atoms with van der Waals surface area (Å²) in [5.41, 5.74) is 0. The van der Waals surface area contributed by atoms with Gasteiger partial charge in [-0.05, 0) is 0 Å². The van der Waals surface area contributed by atoms with Crippen molar-refractivity contribution >= 4 is 0 Å². The van der Waals surface area contributed by atoms with E-state index in [4.69, 9.17) is 10.1 Å². The van der Waals surface area contributed by atoms with Crippen molar-refractivity contribution in [3.05, 3.63) is 10.1 Å². The number of hydrogen-bond donors (Lipinski definition) is 0. The fraction of sp³-hybridized carbons (Fsp3) is 0. The Kier molecular flexibility index (Phi) is 1.51. The maximum atomic E-state index is 8.72. The molecule has 0 rings (SSSR count). The van der Waals surface area contributed by atoms with Crippen LogP contribution >= 0.6 is 0 Å². The van der Waals surface area contributed by atoms with Crippen LogP contribution in [0.1, 0.15) is 0 Å². The summed E-state index contributed by atoms with van der Waals surface area (Å²) in [6.07, 6.45) is 0. The monoisotopic (exact) mass is 153 g/mol. The van der Waals surface area contributed by atoms with Crippen LogP contribution in [-0.4, -0.2) is 3.33 Å². The third-order valence-corrected chi connectivity index (χ3v) is 0. The second-order valence-electron chi connectivity index (χ2n) is 0.185. The van der Waals surface area contributed by atoms with Gasteiger partial charge in [0, 0.05) is 0 Å². The van der Waals surface area contributed by atoms with Crippen LogP contribution in [0.25, 0.3) is 0 Å². The summed E-state index contributed by atoms with van der Waals surface area (Å²) in [6.45, 7) is 0. The van der Waals surface area contributed by atoms with Crippen LogP contribution in [0.15, 0.2) is 0 Å². The third-order valence-electron chi connectivity index (χ3n) is 0. The zero-order valence-electron chi connectivity index (χ0n) is 1.57. The quantitative estimate of drug-likeness (QED) is 0.273. The predicted octanol–water partition coefficient (Wildman–Crippen LogP) is -0.275. The Morgan fingerprint density at radius 1 is 2.00 bits per heavy atom. The van der Waals surface area contributed by atoms with Crippen LogP contribution in [0.5, 0.6) is 0 Å². The summed E-state index contributed by atoms with van der Waals surface area (Å²) in [4.78, 5) is 8.72. The molecule has 0 aliphatic carbocycles. The fourth-order valence-corrected chi connectivity index (χ4v) is 0. The van der Waals surface area contributed by atoms with Crippen molar-refractivity contribution in [2.45, 2.75) is 0 Å².